The molecule has 2 aromatic heterocycles. The zero-order valence-corrected chi connectivity index (χ0v) is 55.1. The van der Waals surface area contributed by atoms with Crippen LogP contribution in [0.15, 0.2) is 127 Å². The van der Waals surface area contributed by atoms with Gasteiger partial charge in [-0.1, -0.05) is 22.2 Å². The first-order chi connectivity index (χ1) is 45.5. The normalized spacial score (nSPS) is 12.2. The van der Waals surface area contributed by atoms with E-state index in [9.17, 15) is 50.2 Å². The van der Waals surface area contributed by atoms with Crippen molar-refractivity contribution in [3.8, 4) is 17.2 Å². The van der Waals surface area contributed by atoms with Crippen LogP contribution in [-0.2, 0) is 80.9 Å². The van der Waals surface area contributed by atoms with Crippen molar-refractivity contribution >= 4 is 134 Å². The Morgan fingerprint density at radius 1 is 0.516 bits per heavy atom. The number of nitrogens with zero attached hydrogens (tertiary/aromatic N) is 8. The summed E-state index contributed by atoms with van der Waals surface area (Å²) in [7, 11) is -7.69. The van der Waals surface area contributed by atoms with E-state index in [1.165, 1.54) is 61.7 Å². The molecule has 36 nitrogen and oxygen atoms in total. The minimum absolute atomic E-state index is 0.0282. The van der Waals surface area contributed by atoms with Crippen molar-refractivity contribution in [1.82, 2.24) is 29.9 Å². The quantitative estimate of drug-likeness (QED) is 0.00442. The van der Waals surface area contributed by atoms with E-state index in [2.05, 4.69) is 91.5 Å². The lowest BCUT2D eigenvalue weighted by Gasteiger charge is -2.16. The Labute approximate surface area is 548 Å². The molecule has 0 fully saturated rings. The van der Waals surface area contributed by atoms with Crippen LogP contribution in [0.5, 0.6) is 17.2 Å². The molecule has 8 aromatic rings. The summed E-state index contributed by atoms with van der Waals surface area (Å²) in [5.74, 6) is -1.99. The first-order valence-electron chi connectivity index (χ1n) is 27.5. The number of hydrogen-bond acceptors (Lipinski definition) is 36. The second kappa shape index (κ2) is 33.2. The van der Waals surface area contributed by atoms with Crippen LogP contribution in [0.3, 0.4) is 0 Å². The van der Waals surface area contributed by atoms with Gasteiger partial charge in [-0.05, 0) is 110 Å². The van der Waals surface area contributed by atoms with Gasteiger partial charge in [-0.15, -0.1) is 29.1 Å². The van der Waals surface area contributed by atoms with Gasteiger partial charge in [0.2, 0.25) is 23.8 Å². The maximum absolute atomic E-state index is 13.1. The van der Waals surface area contributed by atoms with E-state index in [1.54, 1.807) is 26.0 Å². The number of aryl methyl sites for hydroxylation is 2. The smallest absolute Gasteiger partial charge is 0.351 e. The fraction of sp³-hybridized carbons (Fsp3) is 0.296. The number of anilines is 6. The third-order valence-electron chi connectivity index (χ3n) is 12.8. The highest BCUT2D eigenvalue weighted by Gasteiger charge is 2.26. The van der Waals surface area contributed by atoms with Crippen LogP contribution in [0.2, 0.25) is 0 Å². The highest BCUT2D eigenvalue weighted by molar-refractivity contribution is 7.95. The molecular weight excluding hydrogens is 1360 g/mol. The maximum atomic E-state index is 13.1. The number of phenolic OH excluding ortho intramolecular Hbond substituents is 3. The van der Waals surface area contributed by atoms with Crippen molar-refractivity contribution in [2.24, 2.45) is 20.5 Å². The Hall–Kier alpha value is -8.63. The molecule has 0 amide bonds. The molecule has 0 radical (unpaired) electrons. The fourth-order valence-electron chi connectivity index (χ4n) is 8.56. The number of benzene rings is 6. The van der Waals surface area contributed by atoms with Gasteiger partial charge in [0, 0.05) is 56.4 Å². The number of aromatic nitrogens is 6. The molecule has 0 aliphatic heterocycles. The van der Waals surface area contributed by atoms with E-state index in [4.69, 9.17) is 30.7 Å². The molecular formula is C54H60N14O22S5. The van der Waals surface area contributed by atoms with Gasteiger partial charge >= 0.3 is 11.4 Å². The summed E-state index contributed by atoms with van der Waals surface area (Å²) >= 11 is 1.02. The predicted molar refractivity (Wildman–Crippen MR) is 341 cm³/mol. The fourth-order valence-corrected chi connectivity index (χ4v) is 12.1. The van der Waals surface area contributed by atoms with E-state index in [0.29, 0.717) is 74.3 Å². The summed E-state index contributed by atoms with van der Waals surface area (Å²) in [5.41, 5.74) is -1.43. The van der Waals surface area contributed by atoms with Crippen LogP contribution in [0.25, 0.3) is 21.5 Å². The van der Waals surface area contributed by atoms with Crippen molar-refractivity contribution in [2.75, 3.05) is 96.3 Å². The highest BCUT2D eigenvalue weighted by atomic mass is 32.2. The third kappa shape index (κ3) is 19.1. The first-order valence-corrected chi connectivity index (χ1v) is 33.2. The van der Waals surface area contributed by atoms with Gasteiger partial charge in [-0.2, -0.15) is 45.2 Å². The van der Waals surface area contributed by atoms with E-state index in [-0.39, 0.29) is 124 Å². The van der Waals surface area contributed by atoms with E-state index < -0.39 is 58.1 Å². The highest BCUT2D eigenvalue weighted by Crippen LogP contribution is 2.50. The van der Waals surface area contributed by atoms with Crippen molar-refractivity contribution in [2.45, 2.75) is 57.6 Å². The summed E-state index contributed by atoms with van der Waals surface area (Å²) in [4.78, 5) is 54.9. The molecule has 41 heteroatoms. The van der Waals surface area contributed by atoms with Gasteiger partial charge in [0.15, 0.2) is 11.5 Å². The molecule has 0 saturated carbocycles. The van der Waals surface area contributed by atoms with Crippen LogP contribution in [-0.4, -0.2) is 146 Å². The van der Waals surface area contributed by atoms with Gasteiger partial charge in [0.25, 0.3) is 30.4 Å². The Morgan fingerprint density at radius 2 is 0.947 bits per heavy atom. The van der Waals surface area contributed by atoms with Crippen LogP contribution in [0.1, 0.15) is 30.4 Å². The molecule has 0 bridgehead atoms. The molecule has 8 rings (SSSR count). The molecule has 0 aliphatic carbocycles. The number of hydrogen-bond donors (Lipinski definition) is 9. The number of rotatable bonds is 36. The molecule has 6 aromatic carbocycles. The standard InChI is InChI=1S/C54H60N14O22S5/c1-29-11-13-35(41(21-29)94(76,77)83-6)65-67-45-39(91-89-87-80-3)25-31-23-33(69)27-37(43(31)47(45)70)57-51-59-49(61-53(72)63-51)55-15-8-17-85-19-10-20-86-18-9-16-56-50-60-52(64-54(73)62-50)58-38-28-34(93(74,75)82-5)24-32-26-40(92-90-88-81-4)46(48(71)44(32)38)68-66-36-14-12-30(2)22-42(36)95(78,79)84-7/h11-14,21-28,69-71H,8-10,15-20H2,1-7H3,(H3,55,57,59,61,63,72)(H3,56,58,60,62,64,73). The van der Waals surface area contributed by atoms with Gasteiger partial charge in [-0.3, -0.25) is 22.5 Å². The topological polar surface area (TPSA) is 479 Å². The Morgan fingerprint density at radius 3 is 1.39 bits per heavy atom. The number of aromatic hydroxyl groups is 3. The summed E-state index contributed by atoms with van der Waals surface area (Å²) in [6.45, 7) is 5.14. The van der Waals surface area contributed by atoms with Crippen LogP contribution in [0.4, 0.5) is 57.9 Å². The zero-order valence-electron chi connectivity index (χ0n) is 51.0. The average Bonchev–Trinajstić information content (AvgIpc) is 0.765. The molecule has 0 atom stereocenters. The second-order valence-electron chi connectivity index (χ2n) is 19.3. The van der Waals surface area contributed by atoms with Crippen LogP contribution in [0, 0.1) is 13.8 Å². The second-order valence-corrected chi connectivity index (χ2v) is 25.9. The summed E-state index contributed by atoms with van der Waals surface area (Å²) in [6, 6.07) is 16.3. The van der Waals surface area contributed by atoms with Gasteiger partial charge in [-0.25, -0.2) is 19.4 Å². The maximum Gasteiger partial charge on any atom is 0.351 e. The minimum Gasteiger partial charge on any atom is -0.508 e. The van der Waals surface area contributed by atoms with Crippen molar-refractivity contribution in [1.29, 1.82) is 0 Å². The molecule has 9 N–H and O–H groups in total. The summed E-state index contributed by atoms with van der Waals surface area (Å²) in [6.07, 6.45) is 1.44. The summed E-state index contributed by atoms with van der Waals surface area (Å²) in [5, 5.41) is 72.0. The monoisotopic (exact) mass is 1420 g/mol. The van der Waals surface area contributed by atoms with Gasteiger partial charge in [0.1, 0.15) is 38.3 Å². The molecule has 0 spiro atoms. The van der Waals surface area contributed by atoms with Crippen molar-refractivity contribution < 1.29 is 91.1 Å². The average molecular weight is 1420 g/mol. The summed E-state index contributed by atoms with van der Waals surface area (Å²) < 4.78 is 113. The minimum atomic E-state index is -4.41. The molecule has 0 aliphatic rings. The van der Waals surface area contributed by atoms with E-state index in [0.717, 1.165) is 34.5 Å². The van der Waals surface area contributed by atoms with Crippen LogP contribution >= 0.6 is 24.1 Å². The molecule has 0 saturated heterocycles. The number of nitrogens with one attached hydrogen (secondary N) is 6. The Bertz CT molecular complexity index is 4630. The molecule has 2 heterocycles. The number of fused-ring (bicyclic) bond motifs is 2. The van der Waals surface area contributed by atoms with Crippen molar-refractivity contribution in [3.63, 3.8) is 0 Å². The Kier molecular flexibility index (Phi) is 25.2. The van der Waals surface area contributed by atoms with Gasteiger partial charge < -0.3 is 46.1 Å². The number of phenols is 3. The lowest BCUT2D eigenvalue weighted by Crippen LogP contribution is -2.19. The van der Waals surface area contributed by atoms with E-state index >= 15 is 0 Å². The number of ether oxygens (including phenoxy) is 2. The lowest BCUT2D eigenvalue weighted by atomic mass is 10.1. The predicted octanol–water partition coefficient (Wildman–Crippen LogP) is 8.77. The SMILES string of the molecule is COOOSc1cc2cc(O)cc(Nc3nc(NCCCOCCCOCCCNc4nc(Nc5cc(S(=O)(=O)OC)cc6cc(SOOOC)c(N=Nc7ccc(C)cc7S(=O)(=O)OC)c(O)c56)[nH]c(=O)n4)nc(=O)[nH]3)c2c(O)c1N=Nc1ccc(C)cc1S(=O)(=O)OC. The zero-order chi connectivity index (χ0) is 68.5. The number of azo groups is 2. The van der Waals surface area contributed by atoms with Gasteiger partial charge in [0.05, 0.1) is 85.7 Å². The van der Waals surface area contributed by atoms with Crippen LogP contribution < -0.4 is 32.6 Å². The number of H-pyrrole nitrogens is 2. The Balaban J connectivity index is 0.839. The molecule has 95 heavy (non-hydrogen) atoms. The number of aromatic amines is 2. The molecule has 508 valence electrons. The van der Waals surface area contributed by atoms with E-state index in [1.807, 2.05) is 0 Å². The largest absolute Gasteiger partial charge is 0.508 e. The van der Waals surface area contributed by atoms with Crippen molar-refractivity contribution in [3.05, 3.63) is 105 Å². The first kappa shape index (κ1) is 72.2. The lowest BCUT2D eigenvalue weighted by molar-refractivity contribution is -0.447. The third-order valence-corrected chi connectivity index (χ3v) is 17.9. The molecule has 0 unspecified atom stereocenters.